The van der Waals surface area contributed by atoms with Crippen molar-refractivity contribution in [2.75, 3.05) is 33.4 Å². The highest BCUT2D eigenvalue weighted by atomic mass is 16.5. The Morgan fingerprint density at radius 2 is 2.12 bits per heavy atom. The molecule has 0 atom stereocenters. The molecule has 2 N–H and O–H groups in total. The molecule has 0 unspecified atom stereocenters. The molecule has 1 aromatic rings. The summed E-state index contributed by atoms with van der Waals surface area (Å²) in [5.74, 6) is 0.939. The molecule has 134 valence electrons. The molecule has 24 heavy (non-hydrogen) atoms. The van der Waals surface area contributed by atoms with Crippen LogP contribution in [0.3, 0.4) is 0 Å². The molecule has 0 bridgehead atoms. The van der Waals surface area contributed by atoms with Crippen molar-refractivity contribution in [2.24, 2.45) is 10.4 Å². The fourth-order valence-electron chi connectivity index (χ4n) is 3.26. The van der Waals surface area contributed by atoms with Crippen LogP contribution in [0.25, 0.3) is 0 Å². The fraction of sp³-hybridized carbons (Fsp3) is 0.650. The highest BCUT2D eigenvalue weighted by Crippen LogP contribution is 2.44. The van der Waals surface area contributed by atoms with E-state index in [-0.39, 0.29) is 0 Å². The monoisotopic (exact) mass is 331 g/mol. The summed E-state index contributed by atoms with van der Waals surface area (Å²) in [6.45, 7) is 7.78. The summed E-state index contributed by atoms with van der Waals surface area (Å²) in [5, 5.41) is 6.84. The molecule has 0 spiro atoms. The summed E-state index contributed by atoms with van der Waals surface area (Å²) < 4.78 is 5.27. The molecule has 0 aromatic heterocycles. The zero-order valence-corrected chi connectivity index (χ0v) is 15.5. The summed E-state index contributed by atoms with van der Waals surface area (Å²) >= 11 is 0. The molecule has 4 heteroatoms. The lowest BCUT2D eigenvalue weighted by Crippen LogP contribution is -2.41. The lowest BCUT2D eigenvalue weighted by atomic mass is 9.67. The average molecular weight is 332 g/mol. The second-order valence-electron chi connectivity index (χ2n) is 6.96. The van der Waals surface area contributed by atoms with Gasteiger partial charge in [0.2, 0.25) is 0 Å². The number of guanidine groups is 1. The molecule has 0 amide bonds. The van der Waals surface area contributed by atoms with E-state index in [0.29, 0.717) is 5.41 Å². The molecule has 4 nitrogen and oxygen atoms in total. The Kier molecular flexibility index (Phi) is 7.57. The number of hydrogen-bond acceptors (Lipinski definition) is 2. The van der Waals surface area contributed by atoms with Crippen LogP contribution < -0.4 is 10.6 Å². The Labute approximate surface area is 147 Å². The summed E-state index contributed by atoms with van der Waals surface area (Å²) in [7, 11) is 1.78. The van der Waals surface area contributed by atoms with E-state index in [2.05, 4.69) is 48.7 Å². The van der Waals surface area contributed by atoms with Gasteiger partial charge in [-0.25, -0.2) is 0 Å². The van der Waals surface area contributed by atoms with E-state index in [1.54, 1.807) is 7.11 Å². The van der Waals surface area contributed by atoms with Gasteiger partial charge in [0.05, 0.1) is 0 Å². The number of methoxy groups -OCH3 is 1. The maximum absolute atomic E-state index is 5.27. The first-order valence-electron chi connectivity index (χ1n) is 9.24. The first-order chi connectivity index (χ1) is 11.7. The van der Waals surface area contributed by atoms with Crippen molar-refractivity contribution in [3.8, 4) is 0 Å². The first kappa shape index (κ1) is 18.8. The lowest BCUT2D eigenvalue weighted by molar-refractivity contribution is 0.0778. The average Bonchev–Trinajstić information content (AvgIpc) is 2.53. The first-order valence-corrected chi connectivity index (χ1v) is 9.24. The Hall–Kier alpha value is -1.55. The molecule has 2 rings (SSSR count). The van der Waals surface area contributed by atoms with Crippen molar-refractivity contribution >= 4 is 5.96 Å². The third-order valence-corrected chi connectivity index (χ3v) is 4.96. The minimum atomic E-state index is 0.370. The van der Waals surface area contributed by atoms with Crippen molar-refractivity contribution < 1.29 is 4.74 Å². The van der Waals surface area contributed by atoms with Crippen molar-refractivity contribution in [2.45, 2.75) is 46.0 Å². The standard InChI is InChI=1S/C20H33N3O/c1-4-21-19(22-13-9-18-8-5-7-17(2)15-18)23-16-20(10-6-11-20)12-14-24-3/h5,7-8,15H,4,6,9-14,16H2,1-3H3,(H2,21,22,23). The molecular weight excluding hydrogens is 298 g/mol. The van der Waals surface area contributed by atoms with Gasteiger partial charge >= 0.3 is 0 Å². The SMILES string of the molecule is CCNC(=NCC1(CCOC)CCC1)NCCc1cccc(C)c1. The molecule has 1 saturated carbocycles. The summed E-state index contributed by atoms with van der Waals surface area (Å²) in [6.07, 6.45) is 6.03. The number of nitrogens with one attached hydrogen (secondary N) is 2. The van der Waals surface area contributed by atoms with E-state index in [4.69, 9.17) is 9.73 Å². The molecule has 1 aliphatic carbocycles. The number of hydrogen-bond donors (Lipinski definition) is 2. The minimum Gasteiger partial charge on any atom is -0.385 e. The van der Waals surface area contributed by atoms with E-state index in [1.165, 1.54) is 30.4 Å². The van der Waals surface area contributed by atoms with E-state index in [9.17, 15) is 0 Å². The topological polar surface area (TPSA) is 45.7 Å². The van der Waals surface area contributed by atoms with Gasteiger partial charge in [0.15, 0.2) is 5.96 Å². The fourth-order valence-corrected chi connectivity index (χ4v) is 3.26. The lowest BCUT2D eigenvalue weighted by Gasteiger charge is -2.40. The van der Waals surface area contributed by atoms with Crippen LogP contribution in [0.4, 0.5) is 0 Å². The van der Waals surface area contributed by atoms with E-state index < -0.39 is 0 Å². The summed E-state index contributed by atoms with van der Waals surface area (Å²) in [5.41, 5.74) is 3.06. The zero-order chi connectivity index (χ0) is 17.3. The van der Waals surface area contributed by atoms with Crippen molar-refractivity contribution in [3.63, 3.8) is 0 Å². The normalized spacial score (nSPS) is 16.5. The number of aryl methyl sites for hydroxylation is 1. The molecular formula is C20H33N3O. The van der Waals surface area contributed by atoms with Gasteiger partial charge in [0, 0.05) is 33.4 Å². The smallest absolute Gasteiger partial charge is 0.191 e. The van der Waals surface area contributed by atoms with E-state index in [1.807, 2.05) is 0 Å². The zero-order valence-electron chi connectivity index (χ0n) is 15.5. The highest BCUT2D eigenvalue weighted by Gasteiger charge is 2.36. The number of rotatable bonds is 9. The summed E-state index contributed by atoms with van der Waals surface area (Å²) in [4.78, 5) is 4.85. The Balaban J connectivity index is 1.83. The van der Waals surface area contributed by atoms with Gasteiger partial charge in [-0.05, 0) is 50.5 Å². The largest absolute Gasteiger partial charge is 0.385 e. The predicted molar refractivity (Wildman–Crippen MR) is 102 cm³/mol. The van der Waals surface area contributed by atoms with Crippen molar-refractivity contribution in [1.82, 2.24) is 10.6 Å². The van der Waals surface area contributed by atoms with Crippen LogP contribution in [0.1, 0.15) is 43.7 Å². The third-order valence-electron chi connectivity index (χ3n) is 4.96. The van der Waals surface area contributed by atoms with Gasteiger partial charge in [-0.2, -0.15) is 0 Å². The number of nitrogens with zero attached hydrogens (tertiary/aromatic N) is 1. The molecule has 0 radical (unpaired) electrons. The van der Waals surface area contributed by atoms with E-state index >= 15 is 0 Å². The van der Waals surface area contributed by atoms with Crippen LogP contribution in [0.15, 0.2) is 29.3 Å². The van der Waals surface area contributed by atoms with E-state index in [0.717, 1.165) is 45.0 Å². The Morgan fingerprint density at radius 3 is 2.75 bits per heavy atom. The second kappa shape index (κ2) is 9.67. The molecule has 1 aliphatic rings. The molecule has 0 heterocycles. The van der Waals surface area contributed by atoms with Gasteiger partial charge in [0.25, 0.3) is 0 Å². The number of benzene rings is 1. The van der Waals surface area contributed by atoms with Crippen LogP contribution in [0, 0.1) is 12.3 Å². The van der Waals surface area contributed by atoms with Crippen molar-refractivity contribution in [1.29, 1.82) is 0 Å². The van der Waals surface area contributed by atoms with Crippen LogP contribution in [0.5, 0.6) is 0 Å². The highest BCUT2D eigenvalue weighted by molar-refractivity contribution is 5.79. The van der Waals surface area contributed by atoms with Crippen LogP contribution >= 0.6 is 0 Å². The Bertz CT molecular complexity index is 523. The summed E-state index contributed by atoms with van der Waals surface area (Å²) in [6, 6.07) is 8.70. The van der Waals surface area contributed by atoms with Crippen molar-refractivity contribution in [3.05, 3.63) is 35.4 Å². The van der Waals surface area contributed by atoms with Gasteiger partial charge in [0.1, 0.15) is 0 Å². The van der Waals surface area contributed by atoms with Crippen LogP contribution in [-0.4, -0.2) is 39.3 Å². The van der Waals surface area contributed by atoms with Gasteiger partial charge in [-0.15, -0.1) is 0 Å². The van der Waals surface area contributed by atoms with Crippen LogP contribution in [-0.2, 0) is 11.2 Å². The van der Waals surface area contributed by atoms with Gasteiger partial charge in [-0.3, -0.25) is 4.99 Å². The maximum Gasteiger partial charge on any atom is 0.191 e. The third kappa shape index (κ3) is 5.82. The predicted octanol–water partition coefficient (Wildman–Crippen LogP) is 3.30. The quantitative estimate of drug-likeness (QED) is 0.539. The second-order valence-corrected chi connectivity index (χ2v) is 6.96. The number of aliphatic imine (C=N–C) groups is 1. The van der Waals surface area contributed by atoms with Crippen LogP contribution in [0.2, 0.25) is 0 Å². The van der Waals surface area contributed by atoms with Gasteiger partial charge in [-0.1, -0.05) is 36.2 Å². The molecule has 0 aliphatic heterocycles. The molecule has 0 saturated heterocycles. The molecule has 1 aromatic carbocycles. The maximum atomic E-state index is 5.27. The molecule has 1 fully saturated rings. The van der Waals surface area contributed by atoms with Gasteiger partial charge < -0.3 is 15.4 Å². The number of ether oxygens (including phenoxy) is 1. The Morgan fingerprint density at radius 1 is 1.29 bits per heavy atom. The minimum absolute atomic E-state index is 0.370.